The summed E-state index contributed by atoms with van der Waals surface area (Å²) in [6, 6.07) is 16.9. The minimum atomic E-state index is -0.160. The Kier molecular flexibility index (Phi) is 6.86. The van der Waals surface area contributed by atoms with Crippen LogP contribution in [0.3, 0.4) is 0 Å². The van der Waals surface area contributed by atoms with E-state index >= 15 is 0 Å². The molecule has 0 unspecified atom stereocenters. The summed E-state index contributed by atoms with van der Waals surface area (Å²) in [6.07, 6.45) is 0. The summed E-state index contributed by atoms with van der Waals surface area (Å²) in [6.45, 7) is 0.298. The van der Waals surface area contributed by atoms with Gasteiger partial charge in [-0.05, 0) is 24.3 Å². The molecule has 7 nitrogen and oxygen atoms in total. The summed E-state index contributed by atoms with van der Waals surface area (Å²) < 4.78 is 7.53. The van der Waals surface area contributed by atoms with E-state index in [-0.39, 0.29) is 11.7 Å². The molecule has 2 aromatic heterocycles. The lowest BCUT2D eigenvalue weighted by Gasteiger charge is -2.06. The molecule has 0 radical (unpaired) electrons. The van der Waals surface area contributed by atoms with Crippen LogP contribution in [-0.2, 0) is 18.4 Å². The third-order valence-corrected chi connectivity index (χ3v) is 6.29. The number of rotatable bonds is 8. The summed E-state index contributed by atoms with van der Waals surface area (Å²) in [7, 11) is 1.85. The largest absolute Gasteiger partial charge is 0.486 e. The number of nitrogens with zero attached hydrogens (tertiary/aromatic N) is 4. The minimum Gasteiger partial charge on any atom is -0.486 e. The predicted molar refractivity (Wildman–Crippen MR) is 124 cm³/mol. The predicted octanol–water partition coefficient (Wildman–Crippen LogP) is 4.90. The summed E-state index contributed by atoms with van der Waals surface area (Å²) in [5.41, 5.74) is 1.74. The highest BCUT2D eigenvalue weighted by Crippen LogP contribution is 2.26. The molecule has 0 fully saturated rings. The number of nitrogens with one attached hydrogen (secondary N) is 1. The van der Waals surface area contributed by atoms with Gasteiger partial charge in [-0.25, -0.2) is 4.98 Å². The van der Waals surface area contributed by atoms with Crippen molar-refractivity contribution < 1.29 is 9.53 Å². The van der Waals surface area contributed by atoms with Crippen molar-refractivity contribution >= 4 is 45.7 Å². The molecule has 1 amide bonds. The van der Waals surface area contributed by atoms with Crippen LogP contribution in [0.2, 0.25) is 5.02 Å². The van der Waals surface area contributed by atoms with Gasteiger partial charge in [0.1, 0.15) is 12.4 Å². The van der Waals surface area contributed by atoms with Gasteiger partial charge in [-0.15, -0.1) is 21.5 Å². The van der Waals surface area contributed by atoms with Crippen LogP contribution in [0.1, 0.15) is 5.82 Å². The molecule has 0 bridgehead atoms. The van der Waals surface area contributed by atoms with Crippen molar-refractivity contribution in [3.05, 3.63) is 70.8 Å². The first-order chi connectivity index (χ1) is 15.1. The van der Waals surface area contributed by atoms with E-state index in [1.807, 2.05) is 71.6 Å². The molecule has 2 aromatic carbocycles. The van der Waals surface area contributed by atoms with Gasteiger partial charge in [0.15, 0.2) is 16.1 Å². The molecule has 4 aromatic rings. The van der Waals surface area contributed by atoms with Crippen LogP contribution in [0.4, 0.5) is 5.13 Å². The summed E-state index contributed by atoms with van der Waals surface area (Å²) in [5, 5.41) is 14.9. The Bertz CT molecular complexity index is 1160. The number of thiazole rings is 1. The van der Waals surface area contributed by atoms with Gasteiger partial charge in [0.05, 0.1) is 11.4 Å². The van der Waals surface area contributed by atoms with Crippen LogP contribution in [0, 0.1) is 0 Å². The van der Waals surface area contributed by atoms with Crippen LogP contribution >= 0.6 is 34.7 Å². The number of benzene rings is 2. The number of amides is 1. The molecule has 1 N–H and O–H groups in total. The van der Waals surface area contributed by atoms with Crippen molar-refractivity contribution in [2.45, 2.75) is 11.8 Å². The second kappa shape index (κ2) is 9.95. The standard InChI is InChI=1S/C21H18ClN5O2S2/c1-27-18(11-29-16-5-3-2-4-6-16)25-26-21(27)31-13-19(28)24-20-23-17(12-30-20)14-7-9-15(22)10-8-14/h2-10,12H,11,13H2,1H3,(H,23,24,28). The summed E-state index contributed by atoms with van der Waals surface area (Å²) in [4.78, 5) is 16.8. The number of anilines is 1. The lowest BCUT2D eigenvalue weighted by Crippen LogP contribution is -2.14. The van der Waals surface area contributed by atoms with Gasteiger partial charge in [-0.2, -0.15) is 0 Å². The highest BCUT2D eigenvalue weighted by atomic mass is 35.5. The Balaban J connectivity index is 1.29. The molecule has 0 spiro atoms. The van der Waals surface area contributed by atoms with Gasteiger partial charge in [-0.3, -0.25) is 4.79 Å². The van der Waals surface area contributed by atoms with Crippen molar-refractivity contribution in [3.63, 3.8) is 0 Å². The van der Waals surface area contributed by atoms with E-state index in [1.54, 1.807) is 0 Å². The first kappa shape index (κ1) is 21.4. The molecule has 0 aliphatic carbocycles. The number of thioether (sulfide) groups is 1. The van der Waals surface area contributed by atoms with Gasteiger partial charge in [0, 0.05) is 23.0 Å². The fourth-order valence-electron chi connectivity index (χ4n) is 2.63. The van der Waals surface area contributed by atoms with E-state index in [4.69, 9.17) is 16.3 Å². The quantitative estimate of drug-likeness (QED) is 0.368. The lowest BCUT2D eigenvalue weighted by molar-refractivity contribution is -0.113. The fourth-order valence-corrected chi connectivity index (χ4v) is 4.22. The molecule has 2 heterocycles. The molecule has 0 aliphatic rings. The van der Waals surface area contributed by atoms with Crippen LogP contribution in [-0.4, -0.2) is 31.4 Å². The van der Waals surface area contributed by atoms with Crippen LogP contribution in [0.5, 0.6) is 5.75 Å². The maximum absolute atomic E-state index is 12.3. The van der Waals surface area contributed by atoms with Crippen LogP contribution in [0.25, 0.3) is 11.3 Å². The van der Waals surface area contributed by atoms with Gasteiger partial charge >= 0.3 is 0 Å². The van der Waals surface area contributed by atoms with Gasteiger partial charge in [0.2, 0.25) is 5.91 Å². The first-order valence-corrected chi connectivity index (χ1v) is 11.5. The maximum atomic E-state index is 12.3. The zero-order valence-electron chi connectivity index (χ0n) is 16.5. The number of para-hydroxylation sites is 1. The second-order valence-electron chi connectivity index (χ2n) is 6.44. The Hall–Kier alpha value is -2.88. The van der Waals surface area contributed by atoms with Crippen molar-refractivity contribution in [2.24, 2.45) is 7.05 Å². The van der Waals surface area contributed by atoms with Gasteiger partial charge in [-0.1, -0.05) is 53.7 Å². The second-order valence-corrected chi connectivity index (χ2v) is 8.68. The Labute approximate surface area is 192 Å². The smallest absolute Gasteiger partial charge is 0.236 e. The molecule has 158 valence electrons. The molecule has 0 saturated heterocycles. The van der Waals surface area contributed by atoms with Crippen molar-refractivity contribution in [1.29, 1.82) is 0 Å². The molecule has 0 saturated carbocycles. The minimum absolute atomic E-state index is 0.160. The van der Waals surface area contributed by atoms with E-state index < -0.39 is 0 Å². The molecule has 0 aliphatic heterocycles. The monoisotopic (exact) mass is 471 g/mol. The SMILES string of the molecule is Cn1c(COc2ccccc2)nnc1SCC(=O)Nc1nc(-c2ccc(Cl)cc2)cs1. The topological polar surface area (TPSA) is 81.9 Å². The summed E-state index contributed by atoms with van der Waals surface area (Å²) >= 11 is 8.60. The Morgan fingerprint density at radius 2 is 1.94 bits per heavy atom. The van der Waals surface area contributed by atoms with Crippen LogP contribution < -0.4 is 10.1 Å². The summed E-state index contributed by atoms with van der Waals surface area (Å²) in [5.74, 6) is 1.48. The van der Waals surface area contributed by atoms with Crippen molar-refractivity contribution in [1.82, 2.24) is 19.7 Å². The number of carbonyl (C=O) groups excluding carboxylic acids is 1. The number of ether oxygens (including phenoxy) is 1. The number of halogens is 1. The molecular formula is C21H18ClN5O2S2. The van der Waals surface area contributed by atoms with E-state index in [0.717, 1.165) is 17.0 Å². The third-order valence-electron chi connectivity index (χ3n) is 4.26. The van der Waals surface area contributed by atoms with Crippen molar-refractivity contribution in [2.75, 3.05) is 11.1 Å². The average molecular weight is 472 g/mol. The lowest BCUT2D eigenvalue weighted by atomic mass is 10.2. The number of carbonyl (C=O) groups is 1. The zero-order chi connectivity index (χ0) is 21.6. The molecular weight excluding hydrogens is 454 g/mol. The van der Waals surface area contributed by atoms with Crippen molar-refractivity contribution in [3.8, 4) is 17.0 Å². The van der Waals surface area contributed by atoms with E-state index in [1.165, 1.54) is 23.1 Å². The molecule has 31 heavy (non-hydrogen) atoms. The van der Waals surface area contributed by atoms with Crippen LogP contribution in [0.15, 0.2) is 65.1 Å². The molecule has 10 heteroatoms. The Morgan fingerprint density at radius 1 is 1.16 bits per heavy atom. The van der Waals surface area contributed by atoms with E-state index in [9.17, 15) is 4.79 Å². The normalized spacial score (nSPS) is 10.8. The average Bonchev–Trinajstić information content (AvgIpc) is 3.38. The fraction of sp³-hybridized carbons (Fsp3) is 0.143. The molecule has 0 atom stereocenters. The van der Waals surface area contributed by atoms with E-state index in [2.05, 4.69) is 20.5 Å². The molecule has 4 rings (SSSR count). The number of aromatic nitrogens is 4. The third kappa shape index (κ3) is 5.63. The zero-order valence-corrected chi connectivity index (χ0v) is 18.9. The highest BCUT2D eigenvalue weighted by Gasteiger charge is 2.13. The maximum Gasteiger partial charge on any atom is 0.236 e. The van der Waals surface area contributed by atoms with Gasteiger partial charge in [0.25, 0.3) is 0 Å². The van der Waals surface area contributed by atoms with Gasteiger partial charge < -0.3 is 14.6 Å². The first-order valence-electron chi connectivity index (χ1n) is 9.29. The highest BCUT2D eigenvalue weighted by molar-refractivity contribution is 7.99. The van der Waals surface area contributed by atoms with E-state index in [0.29, 0.717) is 27.7 Å². The number of hydrogen-bond acceptors (Lipinski definition) is 7. The Morgan fingerprint density at radius 3 is 2.71 bits per heavy atom. The number of hydrogen-bond donors (Lipinski definition) is 1.